The van der Waals surface area contributed by atoms with Crippen LogP contribution < -0.4 is 5.73 Å². The molecule has 0 spiro atoms. The normalized spacial score (nSPS) is 10.9. The molecule has 3 nitrogen and oxygen atoms in total. The molecule has 3 heteroatoms. The summed E-state index contributed by atoms with van der Waals surface area (Å²) in [5.41, 5.74) is 10.3. The van der Waals surface area contributed by atoms with Crippen molar-refractivity contribution >= 4 is 16.6 Å². The van der Waals surface area contributed by atoms with Gasteiger partial charge in [0.05, 0.1) is 0 Å². The van der Waals surface area contributed by atoms with E-state index < -0.39 is 0 Å². The quantitative estimate of drug-likeness (QED) is 0.749. The van der Waals surface area contributed by atoms with Crippen LogP contribution in [0.4, 0.5) is 0 Å². The number of pyridine rings is 1. The van der Waals surface area contributed by atoms with Crippen LogP contribution in [-0.2, 0) is 6.42 Å². The summed E-state index contributed by atoms with van der Waals surface area (Å²) >= 11 is 0. The molecule has 0 fully saturated rings. The molecule has 0 radical (unpaired) electrons. The number of carbonyl (C=O) groups excluding carboxylic acids is 1. The van der Waals surface area contributed by atoms with E-state index in [9.17, 15) is 4.79 Å². The van der Waals surface area contributed by atoms with E-state index in [1.165, 1.54) is 5.56 Å². The van der Waals surface area contributed by atoms with Gasteiger partial charge in [0.1, 0.15) is 0 Å². The molecule has 2 aromatic carbocycles. The molecule has 2 N–H and O–H groups in total. The Bertz CT molecular complexity index is 855. The Balaban J connectivity index is 2.13. The Morgan fingerprint density at radius 3 is 2.57 bits per heavy atom. The topological polar surface area (TPSA) is 56.0 Å². The number of nitrogens with zero attached hydrogens (tertiary/aromatic N) is 1. The largest absolute Gasteiger partial charge is 0.330 e. The van der Waals surface area contributed by atoms with Crippen LogP contribution in [0.5, 0.6) is 0 Å². The van der Waals surface area contributed by atoms with Crippen LogP contribution in [-0.4, -0.2) is 17.3 Å². The molecule has 0 bridgehead atoms. The summed E-state index contributed by atoms with van der Waals surface area (Å²) in [6.07, 6.45) is 4.34. The van der Waals surface area contributed by atoms with Gasteiger partial charge in [0, 0.05) is 28.9 Å². The fraction of sp³-hybridized carbons (Fsp3) is 0.200. The second-order valence-electron chi connectivity index (χ2n) is 5.87. The van der Waals surface area contributed by atoms with Gasteiger partial charge in [-0.1, -0.05) is 30.3 Å². The number of aromatic nitrogens is 1. The first kappa shape index (κ1) is 15.4. The minimum absolute atomic E-state index is 0.0658. The smallest absolute Gasteiger partial charge is 0.194 e. The zero-order chi connectivity index (χ0) is 16.4. The van der Waals surface area contributed by atoms with Gasteiger partial charge in [0.2, 0.25) is 0 Å². The number of fused-ring (bicyclic) bond motifs is 1. The summed E-state index contributed by atoms with van der Waals surface area (Å²) in [6, 6.07) is 11.8. The van der Waals surface area contributed by atoms with E-state index in [4.69, 9.17) is 5.73 Å². The van der Waals surface area contributed by atoms with E-state index in [1.54, 1.807) is 12.4 Å². The molecule has 3 rings (SSSR count). The van der Waals surface area contributed by atoms with Crippen LogP contribution in [0.25, 0.3) is 10.8 Å². The minimum Gasteiger partial charge on any atom is -0.330 e. The fourth-order valence-electron chi connectivity index (χ4n) is 3.18. The van der Waals surface area contributed by atoms with Gasteiger partial charge in [-0.25, -0.2) is 0 Å². The Kier molecular flexibility index (Phi) is 4.22. The molecule has 0 amide bonds. The van der Waals surface area contributed by atoms with Crippen molar-refractivity contribution in [3.8, 4) is 0 Å². The third kappa shape index (κ3) is 2.88. The highest BCUT2D eigenvalue weighted by Crippen LogP contribution is 2.25. The molecule has 1 aromatic heterocycles. The summed E-state index contributed by atoms with van der Waals surface area (Å²) in [5, 5.41) is 1.92. The molecule has 0 saturated carbocycles. The Labute approximate surface area is 136 Å². The van der Waals surface area contributed by atoms with Crippen LogP contribution >= 0.6 is 0 Å². The Hall–Kier alpha value is -2.52. The highest BCUT2D eigenvalue weighted by molar-refractivity contribution is 6.17. The second kappa shape index (κ2) is 6.31. The fourth-order valence-corrected chi connectivity index (χ4v) is 3.18. The van der Waals surface area contributed by atoms with Crippen LogP contribution in [0.2, 0.25) is 0 Å². The molecule has 0 aliphatic heterocycles. The molecule has 0 saturated heterocycles. The third-order valence-electron chi connectivity index (χ3n) is 4.18. The van der Waals surface area contributed by atoms with E-state index in [0.717, 1.165) is 39.4 Å². The average molecular weight is 304 g/mol. The lowest BCUT2D eigenvalue weighted by molar-refractivity contribution is 0.103. The molecule has 116 valence electrons. The van der Waals surface area contributed by atoms with Crippen LogP contribution in [0.1, 0.15) is 32.6 Å². The van der Waals surface area contributed by atoms with Gasteiger partial charge in [0.15, 0.2) is 5.78 Å². The predicted octanol–water partition coefficient (Wildman–Crippen LogP) is 3.58. The van der Waals surface area contributed by atoms with Crippen molar-refractivity contribution in [1.82, 2.24) is 4.98 Å². The molecule has 23 heavy (non-hydrogen) atoms. The zero-order valence-electron chi connectivity index (χ0n) is 13.5. The molecule has 0 aliphatic carbocycles. The van der Waals surface area contributed by atoms with Crippen LogP contribution in [0, 0.1) is 13.8 Å². The van der Waals surface area contributed by atoms with E-state index in [1.807, 2.05) is 38.1 Å². The van der Waals surface area contributed by atoms with Crippen molar-refractivity contribution in [1.29, 1.82) is 0 Å². The number of rotatable bonds is 4. The molecule has 0 aliphatic rings. The number of hydrogen-bond acceptors (Lipinski definition) is 3. The lowest BCUT2D eigenvalue weighted by Gasteiger charge is -2.13. The third-order valence-corrected chi connectivity index (χ3v) is 4.18. The summed E-state index contributed by atoms with van der Waals surface area (Å²) in [6.45, 7) is 4.60. The SMILES string of the molecule is Cc1cc(CCN)cc(C)c1C(=O)c1cccc2cnccc12. The predicted molar refractivity (Wildman–Crippen MR) is 93.8 cm³/mol. The maximum Gasteiger partial charge on any atom is 0.194 e. The van der Waals surface area contributed by atoms with Gasteiger partial charge in [0.25, 0.3) is 0 Å². The molecule has 3 aromatic rings. The second-order valence-corrected chi connectivity index (χ2v) is 5.87. The molecule has 0 atom stereocenters. The van der Waals surface area contributed by atoms with Gasteiger partial charge in [-0.3, -0.25) is 9.78 Å². The van der Waals surface area contributed by atoms with E-state index >= 15 is 0 Å². The number of nitrogens with two attached hydrogens (primary N) is 1. The molecule has 0 unspecified atom stereocenters. The van der Waals surface area contributed by atoms with E-state index in [-0.39, 0.29) is 5.78 Å². The van der Waals surface area contributed by atoms with Gasteiger partial charge < -0.3 is 5.73 Å². The first-order chi connectivity index (χ1) is 11.1. The van der Waals surface area contributed by atoms with Crippen LogP contribution in [0.15, 0.2) is 48.8 Å². The summed E-state index contributed by atoms with van der Waals surface area (Å²) in [7, 11) is 0. The van der Waals surface area contributed by atoms with Crippen molar-refractivity contribution in [2.45, 2.75) is 20.3 Å². The highest BCUT2D eigenvalue weighted by Gasteiger charge is 2.17. The minimum atomic E-state index is 0.0658. The lowest BCUT2D eigenvalue weighted by Crippen LogP contribution is -2.09. The number of ketones is 1. The van der Waals surface area contributed by atoms with Crippen molar-refractivity contribution in [3.63, 3.8) is 0 Å². The number of aryl methyl sites for hydroxylation is 2. The van der Waals surface area contributed by atoms with Crippen molar-refractivity contribution in [2.24, 2.45) is 5.73 Å². The maximum atomic E-state index is 13.1. The Morgan fingerprint density at radius 2 is 1.87 bits per heavy atom. The van der Waals surface area contributed by atoms with Crippen molar-refractivity contribution in [3.05, 3.63) is 76.6 Å². The van der Waals surface area contributed by atoms with Gasteiger partial charge in [-0.15, -0.1) is 0 Å². The standard InChI is InChI=1S/C20H20N2O/c1-13-10-15(6-8-21)11-14(2)19(13)20(23)18-5-3-4-16-12-22-9-7-17(16)18/h3-5,7,9-12H,6,8,21H2,1-2H3. The zero-order valence-corrected chi connectivity index (χ0v) is 13.5. The van der Waals surface area contributed by atoms with Crippen LogP contribution in [0.3, 0.4) is 0 Å². The van der Waals surface area contributed by atoms with Crippen molar-refractivity contribution in [2.75, 3.05) is 6.54 Å². The van der Waals surface area contributed by atoms with E-state index in [2.05, 4.69) is 17.1 Å². The molecule has 1 heterocycles. The highest BCUT2D eigenvalue weighted by atomic mass is 16.1. The van der Waals surface area contributed by atoms with Crippen molar-refractivity contribution < 1.29 is 4.79 Å². The lowest BCUT2D eigenvalue weighted by atomic mass is 9.90. The summed E-state index contributed by atoms with van der Waals surface area (Å²) in [4.78, 5) is 17.3. The maximum absolute atomic E-state index is 13.1. The number of hydrogen-bond donors (Lipinski definition) is 1. The Morgan fingerprint density at radius 1 is 1.13 bits per heavy atom. The van der Waals surface area contributed by atoms with E-state index in [0.29, 0.717) is 6.54 Å². The first-order valence-electron chi connectivity index (χ1n) is 7.79. The van der Waals surface area contributed by atoms with Gasteiger partial charge in [-0.2, -0.15) is 0 Å². The first-order valence-corrected chi connectivity index (χ1v) is 7.79. The monoisotopic (exact) mass is 304 g/mol. The number of benzene rings is 2. The molecular formula is C20H20N2O. The number of carbonyl (C=O) groups is 1. The van der Waals surface area contributed by atoms with Gasteiger partial charge >= 0.3 is 0 Å². The summed E-state index contributed by atoms with van der Waals surface area (Å²) < 4.78 is 0. The summed E-state index contributed by atoms with van der Waals surface area (Å²) in [5.74, 6) is 0.0658. The van der Waals surface area contributed by atoms with Gasteiger partial charge in [-0.05, 0) is 55.0 Å². The molecular weight excluding hydrogens is 284 g/mol. The average Bonchev–Trinajstić information content (AvgIpc) is 2.54.